The van der Waals surface area contributed by atoms with Crippen molar-refractivity contribution in [2.24, 2.45) is 0 Å². The van der Waals surface area contributed by atoms with Crippen molar-refractivity contribution in [1.29, 1.82) is 0 Å². The Labute approximate surface area is 126 Å². The Morgan fingerprint density at radius 1 is 1.30 bits per heavy atom. The van der Waals surface area contributed by atoms with Crippen LogP contribution in [0.1, 0.15) is 20.1 Å². The summed E-state index contributed by atoms with van der Waals surface area (Å²) in [5.41, 5.74) is 8.58. The minimum atomic E-state index is 0.0548. The number of amides is 1. The molecule has 0 atom stereocenters. The van der Waals surface area contributed by atoms with Gasteiger partial charge in [0.05, 0.1) is 4.88 Å². The maximum Gasteiger partial charge on any atom is 0.268 e. The van der Waals surface area contributed by atoms with Crippen molar-refractivity contribution in [3.8, 4) is 0 Å². The van der Waals surface area contributed by atoms with Crippen molar-refractivity contribution in [1.82, 2.24) is 0 Å². The number of carbonyl (C=O) groups is 1. The summed E-state index contributed by atoms with van der Waals surface area (Å²) in [6.07, 6.45) is 1.09. The molecule has 20 heavy (non-hydrogen) atoms. The van der Waals surface area contributed by atoms with Gasteiger partial charge in [-0.25, -0.2) is 0 Å². The lowest BCUT2D eigenvalue weighted by Crippen LogP contribution is -2.25. The van der Waals surface area contributed by atoms with Gasteiger partial charge in [-0.2, -0.15) is 11.8 Å². The van der Waals surface area contributed by atoms with Gasteiger partial charge in [-0.15, -0.1) is 11.3 Å². The molecule has 104 valence electrons. The van der Waals surface area contributed by atoms with Crippen LogP contribution in [-0.2, 0) is 12.2 Å². The van der Waals surface area contributed by atoms with Crippen LogP contribution in [-0.4, -0.2) is 18.7 Å². The van der Waals surface area contributed by atoms with Crippen LogP contribution in [0.5, 0.6) is 0 Å². The van der Waals surface area contributed by atoms with E-state index in [0.29, 0.717) is 5.69 Å². The molecule has 0 saturated heterocycles. The molecule has 1 aromatic heterocycles. The van der Waals surface area contributed by atoms with Crippen LogP contribution in [0.3, 0.4) is 0 Å². The van der Waals surface area contributed by atoms with Crippen LogP contribution in [0.4, 0.5) is 11.4 Å². The van der Waals surface area contributed by atoms with E-state index in [4.69, 9.17) is 5.73 Å². The second-order valence-corrected chi connectivity index (χ2v) is 7.06. The van der Waals surface area contributed by atoms with E-state index in [1.807, 2.05) is 36.0 Å². The van der Waals surface area contributed by atoms with Crippen molar-refractivity contribution in [3.63, 3.8) is 0 Å². The highest BCUT2D eigenvalue weighted by molar-refractivity contribution is 7.98. The molecule has 1 aliphatic heterocycles. The second kappa shape index (κ2) is 5.50. The minimum Gasteiger partial charge on any atom is -0.399 e. The third-order valence-electron chi connectivity index (χ3n) is 3.42. The number of rotatable bonds is 2. The van der Waals surface area contributed by atoms with Gasteiger partial charge in [-0.05, 0) is 48.1 Å². The van der Waals surface area contributed by atoms with E-state index in [0.717, 1.165) is 28.5 Å². The summed E-state index contributed by atoms with van der Waals surface area (Å²) >= 11 is 3.58. The lowest BCUT2D eigenvalue weighted by atomic mass is 10.2. The van der Waals surface area contributed by atoms with E-state index in [9.17, 15) is 4.79 Å². The topological polar surface area (TPSA) is 46.3 Å². The van der Waals surface area contributed by atoms with Crippen molar-refractivity contribution >= 4 is 40.4 Å². The first-order chi connectivity index (χ1) is 9.65. The van der Waals surface area contributed by atoms with E-state index < -0.39 is 0 Å². The van der Waals surface area contributed by atoms with Crippen LogP contribution < -0.4 is 10.6 Å². The van der Waals surface area contributed by atoms with Crippen LogP contribution in [0.25, 0.3) is 0 Å². The number of carbonyl (C=O) groups excluding carboxylic acids is 1. The molecule has 2 heterocycles. The molecule has 0 spiro atoms. The lowest BCUT2D eigenvalue weighted by molar-refractivity contribution is 0.0997. The number of benzene rings is 1. The third-order valence-corrected chi connectivity index (χ3v) is 5.66. The Morgan fingerprint density at radius 3 is 2.75 bits per heavy atom. The molecule has 0 saturated carbocycles. The largest absolute Gasteiger partial charge is 0.399 e. The van der Waals surface area contributed by atoms with Gasteiger partial charge in [0.15, 0.2) is 0 Å². The molecule has 5 heteroatoms. The fraction of sp³-hybridized carbons (Fsp3) is 0.267. The number of hydrogen-bond acceptors (Lipinski definition) is 4. The molecule has 1 aliphatic rings. The van der Waals surface area contributed by atoms with Gasteiger partial charge in [0.1, 0.15) is 0 Å². The van der Waals surface area contributed by atoms with Gasteiger partial charge in [0, 0.05) is 29.1 Å². The second-order valence-electron chi connectivity index (χ2n) is 4.82. The number of aryl methyl sites for hydroxylation is 1. The van der Waals surface area contributed by atoms with Crippen LogP contribution in [0.15, 0.2) is 30.3 Å². The number of anilines is 2. The number of nitrogen functional groups attached to an aromatic ring is 1. The molecule has 2 N–H and O–H groups in total. The maximum atomic E-state index is 12.5. The average molecular weight is 304 g/mol. The summed E-state index contributed by atoms with van der Waals surface area (Å²) in [6, 6.07) is 9.43. The zero-order valence-electron chi connectivity index (χ0n) is 11.3. The predicted octanol–water partition coefficient (Wildman–Crippen LogP) is 3.40. The van der Waals surface area contributed by atoms with Crippen LogP contribution in [0, 0.1) is 0 Å². The molecule has 0 bridgehead atoms. The van der Waals surface area contributed by atoms with Crippen molar-refractivity contribution in [3.05, 3.63) is 45.6 Å². The summed E-state index contributed by atoms with van der Waals surface area (Å²) in [4.78, 5) is 16.4. The molecule has 0 radical (unpaired) electrons. The highest BCUT2D eigenvalue weighted by Crippen LogP contribution is 2.32. The van der Waals surface area contributed by atoms with Gasteiger partial charge in [-0.1, -0.05) is 0 Å². The average Bonchev–Trinajstić information content (AvgIpc) is 2.90. The van der Waals surface area contributed by atoms with Gasteiger partial charge in [0.2, 0.25) is 0 Å². The number of thiophene rings is 1. The van der Waals surface area contributed by atoms with E-state index in [1.165, 1.54) is 10.4 Å². The highest BCUT2D eigenvalue weighted by Gasteiger charge is 2.20. The molecular weight excluding hydrogens is 288 g/mol. The third kappa shape index (κ3) is 2.55. The van der Waals surface area contributed by atoms with Gasteiger partial charge in [0.25, 0.3) is 5.91 Å². The van der Waals surface area contributed by atoms with E-state index in [2.05, 4.69) is 6.07 Å². The first kappa shape index (κ1) is 13.5. The molecular formula is C15H16N2OS2. The predicted molar refractivity (Wildman–Crippen MR) is 87.8 cm³/mol. The minimum absolute atomic E-state index is 0.0548. The molecule has 0 aliphatic carbocycles. The van der Waals surface area contributed by atoms with Crippen molar-refractivity contribution in [2.75, 3.05) is 23.4 Å². The summed E-state index contributed by atoms with van der Waals surface area (Å²) in [7, 11) is 1.81. The molecule has 0 fully saturated rings. The Morgan fingerprint density at radius 2 is 2.05 bits per heavy atom. The first-order valence-electron chi connectivity index (χ1n) is 6.48. The monoisotopic (exact) mass is 304 g/mol. The van der Waals surface area contributed by atoms with Crippen LogP contribution >= 0.6 is 23.1 Å². The quantitative estimate of drug-likeness (QED) is 0.865. The molecule has 1 amide bonds. The van der Waals surface area contributed by atoms with Gasteiger partial charge in [-0.3, -0.25) is 4.79 Å². The Hall–Kier alpha value is -1.46. The van der Waals surface area contributed by atoms with Crippen LogP contribution in [0.2, 0.25) is 0 Å². The standard InChI is InChI=1S/C15H16N2OS2/c1-17(12-4-2-11(16)3-5-12)15(18)14-8-10-9-19-7-6-13(10)20-14/h2-5,8H,6-7,9,16H2,1H3. The summed E-state index contributed by atoms with van der Waals surface area (Å²) in [5.74, 6) is 2.25. The summed E-state index contributed by atoms with van der Waals surface area (Å²) in [6.45, 7) is 0. The van der Waals surface area contributed by atoms with Gasteiger partial charge < -0.3 is 10.6 Å². The van der Waals surface area contributed by atoms with Crippen molar-refractivity contribution in [2.45, 2.75) is 12.2 Å². The van der Waals surface area contributed by atoms with E-state index in [-0.39, 0.29) is 5.91 Å². The fourth-order valence-electron chi connectivity index (χ4n) is 2.23. The summed E-state index contributed by atoms with van der Waals surface area (Å²) in [5, 5.41) is 0. The fourth-order valence-corrected chi connectivity index (χ4v) is 4.58. The SMILES string of the molecule is CN(C(=O)c1cc2c(s1)CCSC2)c1ccc(N)cc1. The van der Waals surface area contributed by atoms with Crippen molar-refractivity contribution < 1.29 is 4.79 Å². The zero-order chi connectivity index (χ0) is 14.1. The molecule has 0 unspecified atom stereocenters. The normalized spacial score (nSPS) is 13.8. The Kier molecular flexibility index (Phi) is 3.72. The first-order valence-corrected chi connectivity index (χ1v) is 8.45. The lowest BCUT2D eigenvalue weighted by Gasteiger charge is -2.16. The van der Waals surface area contributed by atoms with E-state index in [1.54, 1.807) is 23.3 Å². The maximum absolute atomic E-state index is 12.5. The number of hydrogen-bond donors (Lipinski definition) is 1. The number of thioether (sulfide) groups is 1. The molecule has 2 aromatic rings. The highest BCUT2D eigenvalue weighted by atomic mass is 32.2. The number of fused-ring (bicyclic) bond motifs is 1. The molecule has 3 nitrogen and oxygen atoms in total. The Balaban J connectivity index is 1.84. The summed E-state index contributed by atoms with van der Waals surface area (Å²) < 4.78 is 0. The number of nitrogens with zero attached hydrogens (tertiary/aromatic N) is 1. The number of nitrogens with two attached hydrogens (primary N) is 1. The Bertz CT molecular complexity index is 610. The molecule has 1 aromatic carbocycles. The zero-order valence-corrected chi connectivity index (χ0v) is 12.9. The smallest absolute Gasteiger partial charge is 0.268 e. The molecule has 3 rings (SSSR count). The van der Waals surface area contributed by atoms with E-state index >= 15 is 0 Å². The van der Waals surface area contributed by atoms with Gasteiger partial charge >= 0.3 is 0 Å².